The SMILES string of the molecule is Cc1cc2nc(CCC(=O)N3CCC(OCc4ccccc4)CC3)[nH]c2cc1C. The number of carbonyl (C=O) groups excluding carboxylic acids is 1. The van der Waals surface area contributed by atoms with Crippen LogP contribution in [0.2, 0.25) is 0 Å². The van der Waals surface area contributed by atoms with Crippen LogP contribution in [0.4, 0.5) is 0 Å². The second-order valence-corrected chi connectivity index (χ2v) is 8.01. The number of hydrogen-bond acceptors (Lipinski definition) is 3. The zero-order valence-electron chi connectivity index (χ0n) is 17.3. The number of nitrogens with one attached hydrogen (secondary N) is 1. The third-order valence-electron chi connectivity index (χ3n) is 5.85. The maximum Gasteiger partial charge on any atom is 0.223 e. The zero-order valence-corrected chi connectivity index (χ0v) is 17.3. The summed E-state index contributed by atoms with van der Waals surface area (Å²) in [5, 5.41) is 0. The highest BCUT2D eigenvalue weighted by Crippen LogP contribution is 2.19. The van der Waals surface area contributed by atoms with Gasteiger partial charge in [-0.3, -0.25) is 4.79 Å². The van der Waals surface area contributed by atoms with E-state index in [2.05, 4.69) is 48.1 Å². The fourth-order valence-corrected chi connectivity index (χ4v) is 3.88. The van der Waals surface area contributed by atoms with Crippen molar-refractivity contribution in [2.45, 2.75) is 52.2 Å². The van der Waals surface area contributed by atoms with Crippen molar-refractivity contribution in [2.75, 3.05) is 13.1 Å². The molecule has 0 unspecified atom stereocenters. The monoisotopic (exact) mass is 391 g/mol. The predicted octanol–water partition coefficient (Wildman–Crippen LogP) is 4.32. The van der Waals surface area contributed by atoms with Crippen LogP contribution in [0.5, 0.6) is 0 Å². The van der Waals surface area contributed by atoms with Crippen LogP contribution in [0, 0.1) is 13.8 Å². The third-order valence-corrected chi connectivity index (χ3v) is 5.85. The van der Waals surface area contributed by atoms with Gasteiger partial charge in [0.1, 0.15) is 5.82 Å². The number of nitrogens with zero attached hydrogens (tertiary/aromatic N) is 2. The van der Waals surface area contributed by atoms with E-state index in [1.807, 2.05) is 23.1 Å². The lowest BCUT2D eigenvalue weighted by Gasteiger charge is -2.32. The number of hydrogen-bond donors (Lipinski definition) is 1. The van der Waals surface area contributed by atoms with E-state index >= 15 is 0 Å². The van der Waals surface area contributed by atoms with Crippen LogP contribution in [0.1, 0.15) is 41.8 Å². The van der Waals surface area contributed by atoms with Crippen molar-refractivity contribution in [2.24, 2.45) is 0 Å². The van der Waals surface area contributed by atoms with Gasteiger partial charge in [0.25, 0.3) is 0 Å². The molecule has 3 aromatic rings. The number of fused-ring (bicyclic) bond motifs is 1. The molecular weight excluding hydrogens is 362 g/mol. The Morgan fingerprint density at radius 2 is 1.86 bits per heavy atom. The molecule has 1 amide bonds. The van der Waals surface area contributed by atoms with Crippen LogP contribution in [-0.2, 0) is 22.6 Å². The molecule has 0 aliphatic carbocycles. The van der Waals surface area contributed by atoms with Gasteiger partial charge in [-0.2, -0.15) is 0 Å². The minimum Gasteiger partial charge on any atom is -0.373 e. The first kappa shape index (κ1) is 19.6. The molecule has 0 bridgehead atoms. The van der Waals surface area contributed by atoms with Gasteiger partial charge in [-0.1, -0.05) is 30.3 Å². The lowest BCUT2D eigenvalue weighted by atomic mass is 10.1. The van der Waals surface area contributed by atoms with Crippen molar-refractivity contribution >= 4 is 16.9 Å². The van der Waals surface area contributed by atoms with E-state index in [0.29, 0.717) is 19.4 Å². The van der Waals surface area contributed by atoms with E-state index < -0.39 is 0 Å². The van der Waals surface area contributed by atoms with Gasteiger partial charge in [-0.15, -0.1) is 0 Å². The molecule has 1 aliphatic rings. The van der Waals surface area contributed by atoms with Gasteiger partial charge in [-0.05, 0) is 55.5 Å². The molecule has 152 valence electrons. The Morgan fingerprint density at radius 3 is 2.62 bits per heavy atom. The molecule has 0 atom stereocenters. The highest BCUT2D eigenvalue weighted by molar-refractivity contribution is 5.78. The molecule has 5 nitrogen and oxygen atoms in total. The lowest BCUT2D eigenvalue weighted by molar-refractivity contribution is -0.134. The first-order chi connectivity index (χ1) is 14.1. The summed E-state index contributed by atoms with van der Waals surface area (Å²) < 4.78 is 6.03. The number of aromatic amines is 1. The van der Waals surface area contributed by atoms with E-state index in [1.54, 1.807) is 0 Å². The Hall–Kier alpha value is -2.66. The molecule has 4 rings (SSSR count). The van der Waals surface area contributed by atoms with E-state index in [-0.39, 0.29) is 12.0 Å². The normalized spacial score (nSPS) is 15.2. The van der Waals surface area contributed by atoms with E-state index in [4.69, 9.17) is 4.74 Å². The first-order valence-corrected chi connectivity index (χ1v) is 10.5. The second kappa shape index (κ2) is 8.78. The van der Waals surface area contributed by atoms with Gasteiger partial charge in [0.15, 0.2) is 0 Å². The number of ether oxygens (including phenoxy) is 1. The average Bonchev–Trinajstić information content (AvgIpc) is 3.13. The maximum atomic E-state index is 12.6. The van der Waals surface area contributed by atoms with Gasteiger partial charge in [0.2, 0.25) is 5.91 Å². The highest BCUT2D eigenvalue weighted by Gasteiger charge is 2.23. The van der Waals surface area contributed by atoms with Gasteiger partial charge in [0, 0.05) is 25.9 Å². The summed E-state index contributed by atoms with van der Waals surface area (Å²) in [4.78, 5) is 22.6. The molecule has 0 saturated carbocycles. The lowest BCUT2D eigenvalue weighted by Crippen LogP contribution is -2.41. The number of benzene rings is 2. The summed E-state index contributed by atoms with van der Waals surface area (Å²) in [5.74, 6) is 1.10. The molecule has 1 aliphatic heterocycles. The Bertz CT molecular complexity index is 933. The van der Waals surface area contributed by atoms with Crippen LogP contribution in [0.15, 0.2) is 42.5 Å². The standard InChI is InChI=1S/C24H29N3O2/c1-17-14-21-22(15-18(17)2)26-23(25-21)8-9-24(28)27-12-10-20(11-13-27)29-16-19-6-4-3-5-7-19/h3-7,14-15,20H,8-13,16H2,1-2H3,(H,25,26). The van der Waals surface area contributed by atoms with Crippen LogP contribution in [0.3, 0.4) is 0 Å². The summed E-state index contributed by atoms with van der Waals surface area (Å²) >= 11 is 0. The van der Waals surface area contributed by atoms with Crippen LogP contribution in [0.25, 0.3) is 11.0 Å². The maximum absolute atomic E-state index is 12.6. The number of likely N-dealkylation sites (tertiary alicyclic amines) is 1. The van der Waals surface area contributed by atoms with Crippen molar-refractivity contribution in [3.8, 4) is 0 Å². The Morgan fingerprint density at radius 1 is 1.14 bits per heavy atom. The molecule has 29 heavy (non-hydrogen) atoms. The summed E-state index contributed by atoms with van der Waals surface area (Å²) in [5.41, 5.74) is 5.71. The van der Waals surface area contributed by atoms with Crippen LogP contribution in [-0.4, -0.2) is 40.0 Å². The molecule has 1 aromatic heterocycles. The number of imidazole rings is 1. The smallest absolute Gasteiger partial charge is 0.223 e. The molecule has 2 aromatic carbocycles. The Kier molecular flexibility index (Phi) is 5.95. The molecule has 5 heteroatoms. The molecule has 2 heterocycles. The minimum atomic E-state index is 0.208. The Balaban J connectivity index is 1.24. The van der Waals surface area contributed by atoms with Crippen molar-refractivity contribution in [1.29, 1.82) is 0 Å². The Labute approximate surface area is 172 Å². The number of carbonyl (C=O) groups is 1. The minimum absolute atomic E-state index is 0.208. The van der Waals surface area contributed by atoms with Gasteiger partial charge >= 0.3 is 0 Å². The van der Waals surface area contributed by atoms with Gasteiger partial charge in [0.05, 0.1) is 23.7 Å². The fraction of sp³-hybridized carbons (Fsp3) is 0.417. The summed E-state index contributed by atoms with van der Waals surface area (Å²) in [6.07, 6.45) is 3.19. The third kappa shape index (κ3) is 4.85. The van der Waals surface area contributed by atoms with Crippen molar-refractivity contribution in [3.63, 3.8) is 0 Å². The number of H-pyrrole nitrogens is 1. The van der Waals surface area contributed by atoms with Gasteiger partial charge < -0.3 is 14.6 Å². The number of piperidine rings is 1. The molecule has 1 N–H and O–H groups in total. The van der Waals surface area contributed by atoms with E-state index in [1.165, 1.54) is 16.7 Å². The molecule has 0 spiro atoms. The predicted molar refractivity (Wildman–Crippen MR) is 115 cm³/mol. The largest absolute Gasteiger partial charge is 0.373 e. The summed E-state index contributed by atoms with van der Waals surface area (Å²) in [6.45, 7) is 6.39. The molecular formula is C24H29N3O2. The number of amides is 1. The molecule has 0 radical (unpaired) electrons. The quantitative estimate of drug-likeness (QED) is 0.681. The number of rotatable bonds is 6. The summed E-state index contributed by atoms with van der Waals surface area (Å²) in [7, 11) is 0. The van der Waals surface area contributed by atoms with E-state index in [9.17, 15) is 4.79 Å². The van der Waals surface area contributed by atoms with Crippen molar-refractivity contribution in [1.82, 2.24) is 14.9 Å². The summed E-state index contributed by atoms with van der Waals surface area (Å²) in [6, 6.07) is 14.5. The zero-order chi connectivity index (χ0) is 20.2. The number of aryl methyl sites for hydroxylation is 3. The van der Waals surface area contributed by atoms with Gasteiger partial charge in [-0.25, -0.2) is 4.98 Å². The fourth-order valence-electron chi connectivity index (χ4n) is 3.88. The van der Waals surface area contributed by atoms with E-state index in [0.717, 1.165) is 42.8 Å². The second-order valence-electron chi connectivity index (χ2n) is 8.01. The van der Waals surface area contributed by atoms with Crippen molar-refractivity contribution < 1.29 is 9.53 Å². The average molecular weight is 392 g/mol. The number of aromatic nitrogens is 2. The molecule has 1 fully saturated rings. The topological polar surface area (TPSA) is 58.2 Å². The van der Waals surface area contributed by atoms with Crippen LogP contribution < -0.4 is 0 Å². The first-order valence-electron chi connectivity index (χ1n) is 10.5. The molecule has 1 saturated heterocycles. The van der Waals surface area contributed by atoms with Crippen LogP contribution >= 0.6 is 0 Å². The highest BCUT2D eigenvalue weighted by atomic mass is 16.5. The van der Waals surface area contributed by atoms with Crippen molar-refractivity contribution in [3.05, 3.63) is 65.0 Å².